The molecule has 26 heavy (non-hydrogen) atoms. The Morgan fingerprint density at radius 3 is 2.35 bits per heavy atom. The third kappa shape index (κ3) is 6.40. The first-order chi connectivity index (χ1) is 12.1. The van der Waals surface area contributed by atoms with Gasteiger partial charge in [-0.1, -0.05) is 13.0 Å². The SMILES string of the molecule is CC[C@H](C)N(Cc1ccc(OC)c(OS(=O)(=O)CC)c1)C(=O)NC(C)C. The van der Waals surface area contributed by atoms with Gasteiger partial charge in [0, 0.05) is 18.6 Å². The second-order valence-corrected chi connectivity index (χ2v) is 8.26. The molecule has 1 N–H and O–H groups in total. The summed E-state index contributed by atoms with van der Waals surface area (Å²) in [5.41, 5.74) is 0.756. The van der Waals surface area contributed by atoms with Crippen molar-refractivity contribution in [1.82, 2.24) is 10.2 Å². The minimum absolute atomic E-state index is 0.0264. The minimum Gasteiger partial charge on any atom is -0.493 e. The Balaban J connectivity index is 3.13. The Hall–Kier alpha value is -1.96. The van der Waals surface area contributed by atoms with Gasteiger partial charge in [-0.05, 0) is 51.8 Å². The van der Waals surface area contributed by atoms with E-state index in [0.29, 0.717) is 12.3 Å². The maximum absolute atomic E-state index is 12.5. The smallest absolute Gasteiger partial charge is 0.318 e. The third-order valence-corrected chi connectivity index (χ3v) is 5.09. The van der Waals surface area contributed by atoms with Gasteiger partial charge in [-0.2, -0.15) is 8.42 Å². The number of methoxy groups -OCH3 is 1. The highest BCUT2D eigenvalue weighted by Gasteiger charge is 2.21. The molecule has 1 rings (SSSR count). The highest BCUT2D eigenvalue weighted by atomic mass is 32.2. The fourth-order valence-corrected chi connectivity index (χ4v) is 2.78. The van der Waals surface area contributed by atoms with Crippen LogP contribution in [0.3, 0.4) is 0 Å². The van der Waals surface area contributed by atoms with E-state index < -0.39 is 10.1 Å². The number of urea groups is 1. The lowest BCUT2D eigenvalue weighted by Crippen LogP contribution is -2.46. The van der Waals surface area contributed by atoms with E-state index in [2.05, 4.69) is 5.32 Å². The van der Waals surface area contributed by atoms with E-state index in [1.54, 1.807) is 23.1 Å². The van der Waals surface area contributed by atoms with E-state index in [4.69, 9.17) is 8.92 Å². The van der Waals surface area contributed by atoms with Crippen molar-refractivity contribution in [1.29, 1.82) is 0 Å². The topological polar surface area (TPSA) is 84.9 Å². The summed E-state index contributed by atoms with van der Waals surface area (Å²) in [7, 11) is -2.23. The van der Waals surface area contributed by atoms with Crippen molar-refractivity contribution < 1.29 is 22.1 Å². The van der Waals surface area contributed by atoms with Gasteiger partial charge < -0.3 is 19.1 Å². The molecule has 0 aliphatic carbocycles. The Kier molecular flexibility index (Phi) is 8.20. The Labute approximate surface area is 156 Å². The van der Waals surface area contributed by atoms with E-state index in [9.17, 15) is 13.2 Å². The van der Waals surface area contributed by atoms with E-state index in [1.807, 2.05) is 27.7 Å². The predicted octanol–water partition coefficient (Wildman–Crippen LogP) is 3.14. The molecule has 1 atom stereocenters. The van der Waals surface area contributed by atoms with Gasteiger partial charge >= 0.3 is 16.1 Å². The Bertz CT molecular complexity index is 704. The number of nitrogens with zero attached hydrogens (tertiary/aromatic N) is 1. The summed E-state index contributed by atoms with van der Waals surface area (Å²) in [6, 6.07) is 4.93. The fraction of sp³-hybridized carbons (Fsp3) is 0.611. The zero-order valence-electron chi connectivity index (χ0n) is 16.4. The van der Waals surface area contributed by atoms with Crippen LogP contribution in [0.15, 0.2) is 18.2 Å². The Morgan fingerprint density at radius 1 is 1.19 bits per heavy atom. The second kappa shape index (κ2) is 9.66. The van der Waals surface area contributed by atoms with Gasteiger partial charge in [-0.25, -0.2) is 4.79 Å². The van der Waals surface area contributed by atoms with Crippen LogP contribution < -0.4 is 14.2 Å². The van der Waals surface area contributed by atoms with Crippen LogP contribution >= 0.6 is 0 Å². The number of rotatable bonds is 9. The average molecular weight is 387 g/mol. The maximum Gasteiger partial charge on any atom is 0.318 e. The minimum atomic E-state index is -3.68. The van der Waals surface area contributed by atoms with Crippen LogP contribution in [0.1, 0.15) is 46.6 Å². The number of amides is 2. The van der Waals surface area contributed by atoms with Crippen molar-refractivity contribution in [2.75, 3.05) is 12.9 Å². The highest BCUT2D eigenvalue weighted by Crippen LogP contribution is 2.30. The molecule has 0 aliphatic heterocycles. The monoisotopic (exact) mass is 386 g/mol. The van der Waals surface area contributed by atoms with Gasteiger partial charge in [0.2, 0.25) is 0 Å². The van der Waals surface area contributed by atoms with Crippen molar-refractivity contribution >= 4 is 16.1 Å². The van der Waals surface area contributed by atoms with Gasteiger partial charge in [-0.15, -0.1) is 0 Å². The van der Waals surface area contributed by atoms with Gasteiger partial charge in [0.05, 0.1) is 12.9 Å². The first-order valence-corrected chi connectivity index (χ1v) is 10.4. The molecule has 1 aromatic rings. The van der Waals surface area contributed by atoms with Crippen LogP contribution in [0, 0.1) is 0 Å². The molecular weight excluding hydrogens is 356 g/mol. The lowest BCUT2D eigenvalue weighted by Gasteiger charge is -2.30. The lowest BCUT2D eigenvalue weighted by atomic mass is 10.1. The van der Waals surface area contributed by atoms with Gasteiger partial charge in [0.25, 0.3) is 0 Å². The summed E-state index contributed by atoms with van der Waals surface area (Å²) in [6.45, 7) is 9.63. The summed E-state index contributed by atoms with van der Waals surface area (Å²) < 4.78 is 33.9. The normalized spacial score (nSPS) is 12.6. The van der Waals surface area contributed by atoms with Crippen molar-refractivity contribution in [3.63, 3.8) is 0 Å². The number of nitrogens with one attached hydrogen (secondary N) is 1. The molecule has 0 heterocycles. The van der Waals surface area contributed by atoms with Crippen molar-refractivity contribution in [3.8, 4) is 11.5 Å². The van der Waals surface area contributed by atoms with E-state index in [1.165, 1.54) is 14.0 Å². The molecule has 1 aromatic carbocycles. The van der Waals surface area contributed by atoms with Crippen molar-refractivity contribution in [2.24, 2.45) is 0 Å². The quantitative estimate of drug-likeness (QED) is 0.659. The molecule has 148 valence electrons. The summed E-state index contributed by atoms with van der Waals surface area (Å²) >= 11 is 0. The molecule has 0 aliphatic rings. The molecule has 8 heteroatoms. The molecular formula is C18H30N2O5S. The molecule has 2 amide bonds. The third-order valence-electron chi connectivity index (χ3n) is 3.95. The standard InChI is InChI=1S/C18H30N2O5S/c1-7-14(5)20(18(21)19-13(3)4)12-15-9-10-16(24-6)17(11-15)25-26(22,23)8-2/h9-11,13-14H,7-8,12H2,1-6H3,(H,19,21)/t14-/m0/s1. The highest BCUT2D eigenvalue weighted by molar-refractivity contribution is 7.87. The molecule has 0 aromatic heterocycles. The molecule has 0 saturated heterocycles. The van der Waals surface area contributed by atoms with Crippen molar-refractivity contribution in [2.45, 2.75) is 59.7 Å². The molecule has 0 unspecified atom stereocenters. The van der Waals surface area contributed by atoms with Crippen LogP contribution in [-0.2, 0) is 16.7 Å². The van der Waals surface area contributed by atoms with Crippen LogP contribution in [-0.4, -0.2) is 44.3 Å². The Morgan fingerprint density at radius 2 is 1.85 bits per heavy atom. The fourth-order valence-electron chi connectivity index (χ4n) is 2.26. The summed E-state index contributed by atoms with van der Waals surface area (Å²) in [4.78, 5) is 14.2. The largest absolute Gasteiger partial charge is 0.493 e. The molecule has 0 radical (unpaired) electrons. The molecule has 0 bridgehead atoms. The number of hydrogen-bond acceptors (Lipinski definition) is 5. The molecule has 0 spiro atoms. The van der Waals surface area contributed by atoms with E-state index in [0.717, 1.165) is 12.0 Å². The molecule has 0 saturated carbocycles. The number of carbonyl (C=O) groups excluding carboxylic acids is 1. The maximum atomic E-state index is 12.5. The van der Waals surface area contributed by atoms with Gasteiger partial charge in [-0.3, -0.25) is 0 Å². The predicted molar refractivity (Wildman–Crippen MR) is 102 cm³/mol. The zero-order chi connectivity index (χ0) is 19.9. The van der Waals surface area contributed by atoms with Crippen LogP contribution in [0.5, 0.6) is 11.5 Å². The lowest BCUT2D eigenvalue weighted by molar-refractivity contribution is 0.171. The second-order valence-electron chi connectivity index (χ2n) is 6.40. The number of carbonyl (C=O) groups is 1. The first kappa shape index (κ1) is 22.1. The summed E-state index contributed by atoms with van der Waals surface area (Å²) in [5, 5.41) is 2.90. The van der Waals surface area contributed by atoms with E-state index in [-0.39, 0.29) is 29.6 Å². The van der Waals surface area contributed by atoms with Crippen LogP contribution in [0.25, 0.3) is 0 Å². The first-order valence-electron chi connectivity index (χ1n) is 8.79. The summed E-state index contributed by atoms with van der Waals surface area (Å²) in [5.74, 6) is 0.309. The number of hydrogen-bond donors (Lipinski definition) is 1. The van der Waals surface area contributed by atoms with Crippen molar-refractivity contribution in [3.05, 3.63) is 23.8 Å². The van der Waals surface area contributed by atoms with Gasteiger partial charge in [0.1, 0.15) is 0 Å². The zero-order valence-corrected chi connectivity index (χ0v) is 17.2. The van der Waals surface area contributed by atoms with E-state index >= 15 is 0 Å². The number of ether oxygens (including phenoxy) is 1. The molecule has 0 fully saturated rings. The summed E-state index contributed by atoms with van der Waals surface area (Å²) in [6.07, 6.45) is 0.801. The van der Waals surface area contributed by atoms with Crippen LogP contribution in [0.2, 0.25) is 0 Å². The average Bonchev–Trinajstić information content (AvgIpc) is 2.58. The van der Waals surface area contributed by atoms with Gasteiger partial charge in [0.15, 0.2) is 11.5 Å². The number of benzene rings is 1. The van der Waals surface area contributed by atoms with Crippen LogP contribution in [0.4, 0.5) is 4.79 Å². The molecule has 7 nitrogen and oxygen atoms in total.